The van der Waals surface area contributed by atoms with Crippen molar-refractivity contribution in [3.63, 3.8) is 0 Å². The van der Waals surface area contributed by atoms with Crippen LogP contribution in [-0.2, 0) is 4.74 Å². The second-order valence-electron chi connectivity index (χ2n) is 6.84. The number of ether oxygens (including phenoxy) is 1. The van der Waals surface area contributed by atoms with Crippen LogP contribution in [0.4, 0.5) is 11.5 Å². The first-order valence-corrected chi connectivity index (χ1v) is 9.76. The van der Waals surface area contributed by atoms with Crippen LogP contribution >= 0.6 is 0 Å². The summed E-state index contributed by atoms with van der Waals surface area (Å²) in [6.07, 6.45) is 0. The van der Waals surface area contributed by atoms with Crippen molar-refractivity contribution in [2.45, 2.75) is 6.92 Å². The quantitative estimate of drug-likeness (QED) is 0.680. The Balaban J connectivity index is 1.58. The van der Waals surface area contributed by atoms with E-state index >= 15 is 0 Å². The molecule has 0 saturated carbocycles. The molecule has 5 heteroatoms. The maximum absolute atomic E-state index is 12.6. The summed E-state index contributed by atoms with van der Waals surface area (Å²) in [4.78, 5) is 20.7. The number of aromatic nitrogens is 1. The minimum atomic E-state index is -0.276. The zero-order chi connectivity index (χ0) is 19.3. The van der Waals surface area contributed by atoms with Crippen LogP contribution in [0, 0.1) is 0 Å². The average Bonchev–Trinajstić information content (AvgIpc) is 3.21. The van der Waals surface area contributed by atoms with E-state index in [4.69, 9.17) is 4.74 Å². The molecule has 1 fully saturated rings. The van der Waals surface area contributed by atoms with Gasteiger partial charge in [-0.25, -0.2) is 4.79 Å². The molecule has 1 saturated heterocycles. The van der Waals surface area contributed by atoms with Crippen LogP contribution in [0.15, 0.2) is 66.7 Å². The Morgan fingerprint density at radius 3 is 2.18 bits per heavy atom. The SMILES string of the molecule is CCOC(=O)c1cc(-c2ccccc2)[nH]c1N1CCN(c2ccccc2)CC1. The van der Waals surface area contributed by atoms with Crippen molar-refractivity contribution < 1.29 is 9.53 Å². The smallest absolute Gasteiger partial charge is 0.341 e. The molecule has 2 aromatic carbocycles. The van der Waals surface area contributed by atoms with Crippen LogP contribution in [0.5, 0.6) is 0 Å². The number of nitrogens with one attached hydrogen (secondary N) is 1. The molecule has 0 aliphatic carbocycles. The second kappa shape index (κ2) is 8.21. The Morgan fingerprint density at radius 2 is 1.54 bits per heavy atom. The Kier molecular flexibility index (Phi) is 5.33. The van der Waals surface area contributed by atoms with E-state index in [1.165, 1.54) is 5.69 Å². The zero-order valence-electron chi connectivity index (χ0n) is 16.1. The molecular weight excluding hydrogens is 350 g/mol. The van der Waals surface area contributed by atoms with E-state index in [1.807, 2.05) is 49.4 Å². The van der Waals surface area contributed by atoms with Crippen LogP contribution in [0.1, 0.15) is 17.3 Å². The molecule has 0 spiro atoms. The van der Waals surface area contributed by atoms with Gasteiger partial charge < -0.3 is 19.5 Å². The standard InChI is InChI=1S/C23H25N3O2/c1-2-28-23(27)20-17-21(18-9-5-3-6-10-18)24-22(20)26-15-13-25(14-16-26)19-11-7-4-8-12-19/h3-12,17,24H,2,13-16H2,1H3. The Morgan fingerprint density at radius 1 is 0.929 bits per heavy atom. The number of esters is 1. The molecule has 1 aromatic heterocycles. The lowest BCUT2D eigenvalue weighted by atomic mass is 10.1. The van der Waals surface area contributed by atoms with Crippen molar-refractivity contribution in [1.82, 2.24) is 4.98 Å². The van der Waals surface area contributed by atoms with Crippen LogP contribution in [0.2, 0.25) is 0 Å². The minimum Gasteiger partial charge on any atom is -0.462 e. The molecule has 144 valence electrons. The van der Waals surface area contributed by atoms with Crippen LogP contribution in [0.3, 0.4) is 0 Å². The van der Waals surface area contributed by atoms with E-state index in [2.05, 4.69) is 39.0 Å². The molecule has 1 aliphatic rings. The number of para-hydroxylation sites is 1. The van der Waals surface area contributed by atoms with Gasteiger partial charge in [0, 0.05) is 37.6 Å². The second-order valence-corrected chi connectivity index (χ2v) is 6.84. The highest BCUT2D eigenvalue weighted by atomic mass is 16.5. The fraction of sp³-hybridized carbons (Fsp3) is 0.261. The third kappa shape index (κ3) is 3.74. The van der Waals surface area contributed by atoms with Gasteiger partial charge in [-0.15, -0.1) is 0 Å². The van der Waals surface area contributed by atoms with Crippen molar-refractivity contribution in [2.75, 3.05) is 42.6 Å². The molecule has 5 nitrogen and oxygen atoms in total. The fourth-order valence-corrected chi connectivity index (χ4v) is 3.66. The van der Waals surface area contributed by atoms with E-state index in [0.717, 1.165) is 43.3 Å². The number of anilines is 2. The predicted molar refractivity (Wildman–Crippen MR) is 113 cm³/mol. The highest BCUT2D eigenvalue weighted by Gasteiger charge is 2.25. The highest BCUT2D eigenvalue weighted by molar-refractivity contribution is 5.97. The summed E-state index contributed by atoms with van der Waals surface area (Å²) >= 11 is 0. The molecule has 28 heavy (non-hydrogen) atoms. The lowest BCUT2D eigenvalue weighted by Crippen LogP contribution is -2.47. The third-order valence-corrected chi connectivity index (χ3v) is 5.09. The lowest BCUT2D eigenvalue weighted by Gasteiger charge is -2.37. The summed E-state index contributed by atoms with van der Waals surface area (Å²) in [7, 11) is 0. The number of aromatic amines is 1. The van der Waals surface area contributed by atoms with Gasteiger partial charge in [0.2, 0.25) is 0 Å². The summed E-state index contributed by atoms with van der Waals surface area (Å²) < 4.78 is 5.30. The Bertz CT molecular complexity index is 914. The zero-order valence-corrected chi connectivity index (χ0v) is 16.1. The van der Waals surface area contributed by atoms with Crippen LogP contribution < -0.4 is 9.80 Å². The molecule has 0 unspecified atom stereocenters. The number of benzene rings is 2. The molecular formula is C23H25N3O2. The van der Waals surface area contributed by atoms with Gasteiger partial charge in [-0.2, -0.15) is 0 Å². The third-order valence-electron chi connectivity index (χ3n) is 5.09. The van der Waals surface area contributed by atoms with Crippen molar-refractivity contribution in [2.24, 2.45) is 0 Å². The number of carbonyl (C=O) groups excluding carboxylic acids is 1. The topological polar surface area (TPSA) is 48.6 Å². The number of hydrogen-bond donors (Lipinski definition) is 1. The average molecular weight is 375 g/mol. The molecule has 0 amide bonds. The monoisotopic (exact) mass is 375 g/mol. The summed E-state index contributed by atoms with van der Waals surface area (Å²) in [6, 6.07) is 22.4. The highest BCUT2D eigenvalue weighted by Crippen LogP contribution is 2.29. The normalized spacial score (nSPS) is 14.2. The number of rotatable bonds is 5. The Labute approximate surface area is 165 Å². The maximum Gasteiger partial charge on any atom is 0.341 e. The van der Waals surface area contributed by atoms with Gasteiger partial charge >= 0.3 is 5.97 Å². The first-order valence-electron chi connectivity index (χ1n) is 9.76. The largest absolute Gasteiger partial charge is 0.462 e. The van der Waals surface area contributed by atoms with Crippen molar-refractivity contribution in [1.29, 1.82) is 0 Å². The molecule has 2 heterocycles. The number of carbonyl (C=O) groups is 1. The van der Waals surface area contributed by atoms with Gasteiger partial charge in [-0.05, 0) is 30.7 Å². The summed E-state index contributed by atoms with van der Waals surface area (Å²) in [6.45, 7) is 5.71. The minimum absolute atomic E-state index is 0.276. The molecule has 0 radical (unpaired) electrons. The van der Waals surface area contributed by atoms with Crippen molar-refractivity contribution in [3.8, 4) is 11.3 Å². The van der Waals surface area contributed by atoms with Crippen LogP contribution in [-0.4, -0.2) is 43.7 Å². The van der Waals surface area contributed by atoms with Crippen molar-refractivity contribution in [3.05, 3.63) is 72.3 Å². The van der Waals surface area contributed by atoms with E-state index in [1.54, 1.807) is 0 Å². The van der Waals surface area contributed by atoms with Gasteiger partial charge in [-0.1, -0.05) is 48.5 Å². The first-order chi connectivity index (χ1) is 13.8. The molecule has 0 atom stereocenters. The summed E-state index contributed by atoms with van der Waals surface area (Å²) in [5.74, 6) is 0.575. The van der Waals surface area contributed by atoms with E-state index < -0.39 is 0 Å². The van der Waals surface area contributed by atoms with Gasteiger partial charge in [-0.3, -0.25) is 0 Å². The van der Waals surface area contributed by atoms with Crippen LogP contribution in [0.25, 0.3) is 11.3 Å². The van der Waals surface area contributed by atoms with E-state index in [9.17, 15) is 4.79 Å². The van der Waals surface area contributed by atoms with E-state index in [-0.39, 0.29) is 5.97 Å². The number of nitrogens with zero attached hydrogens (tertiary/aromatic N) is 2. The number of H-pyrrole nitrogens is 1. The van der Waals surface area contributed by atoms with Gasteiger partial charge in [0.25, 0.3) is 0 Å². The summed E-state index contributed by atoms with van der Waals surface area (Å²) in [5, 5.41) is 0. The summed E-state index contributed by atoms with van der Waals surface area (Å²) in [5.41, 5.74) is 3.84. The lowest BCUT2D eigenvalue weighted by molar-refractivity contribution is 0.0527. The van der Waals surface area contributed by atoms with Crippen molar-refractivity contribution >= 4 is 17.5 Å². The molecule has 3 aromatic rings. The number of hydrogen-bond acceptors (Lipinski definition) is 4. The Hall–Kier alpha value is -3.21. The molecule has 1 N–H and O–H groups in total. The first kappa shape index (κ1) is 18.2. The van der Waals surface area contributed by atoms with Gasteiger partial charge in [0.1, 0.15) is 11.4 Å². The fourth-order valence-electron chi connectivity index (χ4n) is 3.66. The molecule has 1 aliphatic heterocycles. The van der Waals surface area contributed by atoms with Gasteiger partial charge in [0.05, 0.1) is 6.61 Å². The molecule has 0 bridgehead atoms. The number of piperazine rings is 1. The predicted octanol–water partition coefficient (Wildman–Crippen LogP) is 4.19. The van der Waals surface area contributed by atoms with E-state index in [0.29, 0.717) is 12.2 Å². The van der Waals surface area contributed by atoms with Gasteiger partial charge in [0.15, 0.2) is 0 Å². The maximum atomic E-state index is 12.6. The molecule has 4 rings (SSSR count).